The van der Waals surface area contributed by atoms with Gasteiger partial charge in [0.1, 0.15) is 18.1 Å². The predicted molar refractivity (Wildman–Crippen MR) is 102 cm³/mol. The Morgan fingerprint density at radius 2 is 1.43 bits per heavy atom. The van der Waals surface area contributed by atoms with Crippen LogP contribution in [-0.2, 0) is 6.61 Å². The minimum Gasteiger partial charge on any atom is -0.489 e. The summed E-state index contributed by atoms with van der Waals surface area (Å²) in [7, 11) is 0. The molecule has 2 N–H and O–H groups in total. The number of ether oxygens (including phenoxy) is 2. The minimum atomic E-state index is -2.91. The third-order valence-corrected chi connectivity index (χ3v) is 3.88. The Morgan fingerprint density at radius 1 is 0.857 bits per heavy atom. The second-order valence-electron chi connectivity index (χ2n) is 5.81. The van der Waals surface area contributed by atoms with Crippen LogP contribution in [-0.4, -0.2) is 12.6 Å². The van der Waals surface area contributed by atoms with E-state index in [1.807, 2.05) is 42.5 Å². The highest BCUT2D eigenvalue weighted by Crippen LogP contribution is 2.28. The Hall–Kier alpha value is -3.61. The molecule has 0 saturated heterocycles. The lowest BCUT2D eigenvalue weighted by Gasteiger charge is -2.21. The number of benzene rings is 3. The zero-order valence-electron chi connectivity index (χ0n) is 14.8. The van der Waals surface area contributed by atoms with Crippen LogP contribution < -0.4 is 20.1 Å². The van der Waals surface area contributed by atoms with E-state index in [1.165, 1.54) is 29.2 Å². The van der Waals surface area contributed by atoms with Gasteiger partial charge in [-0.15, -0.1) is 0 Å². The summed E-state index contributed by atoms with van der Waals surface area (Å²) in [6, 6.07) is 21.5. The molecule has 0 saturated carbocycles. The molecule has 0 spiro atoms. The van der Waals surface area contributed by atoms with Crippen molar-refractivity contribution >= 4 is 17.4 Å². The fourth-order valence-electron chi connectivity index (χ4n) is 2.60. The average molecular weight is 384 g/mol. The summed E-state index contributed by atoms with van der Waals surface area (Å²) in [5, 5.41) is 0. The number of carbonyl (C=O) groups is 1. The van der Waals surface area contributed by atoms with Crippen molar-refractivity contribution < 1.29 is 23.0 Å². The number of amides is 2. The van der Waals surface area contributed by atoms with E-state index in [9.17, 15) is 13.6 Å². The third kappa shape index (κ3) is 4.97. The lowest BCUT2D eigenvalue weighted by molar-refractivity contribution is -0.0498. The maximum atomic E-state index is 12.3. The molecule has 0 radical (unpaired) electrons. The van der Waals surface area contributed by atoms with E-state index in [4.69, 9.17) is 10.5 Å². The largest absolute Gasteiger partial charge is 0.489 e. The quantitative estimate of drug-likeness (QED) is 0.618. The summed E-state index contributed by atoms with van der Waals surface area (Å²) in [6.45, 7) is -2.54. The number of hydrogen-bond donors (Lipinski definition) is 1. The molecule has 3 aromatic rings. The van der Waals surface area contributed by atoms with Crippen molar-refractivity contribution in [3.63, 3.8) is 0 Å². The highest BCUT2D eigenvalue weighted by atomic mass is 19.3. The van der Waals surface area contributed by atoms with Gasteiger partial charge < -0.3 is 15.2 Å². The lowest BCUT2D eigenvalue weighted by atomic mass is 10.2. The smallest absolute Gasteiger partial charge is 0.387 e. The minimum absolute atomic E-state index is 0.00317. The number of primary amides is 1. The summed E-state index contributed by atoms with van der Waals surface area (Å²) in [5.41, 5.74) is 7.39. The number of halogens is 2. The Balaban J connectivity index is 1.72. The van der Waals surface area contributed by atoms with Crippen LogP contribution in [0.1, 0.15) is 5.56 Å². The molecule has 0 aliphatic carbocycles. The zero-order valence-corrected chi connectivity index (χ0v) is 14.8. The number of hydrogen-bond acceptors (Lipinski definition) is 3. The van der Waals surface area contributed by atoms with Crippen LogP contribution in [0, 0.1) is 0 Å². The molecule has 0 aliphatic heterocycles. The molecule has 0 bridgehead atoms. The molecule has 7 heteroatoms. The number of nitrogens with two attached hydrogens (primary N) is 1. The highest BCUT2D eigenvalue weighted by Gasteiger charge is 2.15. The molecule has 3 rings (SSSR count). The number of rotatable bonds is 7. The maximum absolute atomic E-state index is 12.3. The molecule has 144 valence electrons. The average Bonchev–Trinajstić information content (AvgIpc) is 2.69. The number of carbonyl (C=O) groups excluding carboxylic acids is 1. The Labute approximate surface area is 160 Å². The molecule has 28 heavy (non-hydrogen) atoms. The monoisotopic (exact) mass is 384 g/mol. The van der Waals surface area contributed by atoms with Crippen molar-refractivity contribution in [2.24, 2.45) is 5.73 Å². The molecular weight excluding hydrogens is 366 g/mol. The summed E-state index contributed by atoms with van der Waals surface area (Å²) in [5.74, 6) is 0.757. The molecule has 2 amide bonds. The first-order valence-electron chi connectivity index (χ1n) is 8.44. The van der Waals surface area contributed by atoms with Crippen molar-refractivity contribution in [3.8, 4) is 11.5 Å². The van der Waals surface area contributed by atoms with Gasteiger partial charge in [-0.25, -0.2) is 4.79 Å². The molecule has 0 aromatic heterocycles. The summed E-state index contributed by atoms with van der Waals surface area (Å²) in [6.07, 6.45) is 0. The van der Waals surface area contributed by atoms with Crippen LogP contribution in [0.5, 0.6) is 11.5 Å². The zero-order chi connectivity index (χ0) is 19.9. The van der Waals surface area contributed by atoms with Crippen LogP contribution in [0.2, 0.25) is 0 Å². The van der Waals surface area contributed by atoms with E-state index in [2.05, 4.69) is 4.74 Å². The van der Waals surface area contributed by atoms with Crippen LogP contribution in [0.15, 0.2) is 78.9 Å². The van der Waals surface area contributed by atoms with Crippen molar-refractivity contribution in [2.45, 2.75) is 13.2 Å². The van der Waals surface area contributed by atoms with Crippen molar-refractivity contribution in [1.82, 2.24) is 0 Å². The maximum Gasteiger partial charge on any atom is 0.387 e. The number of para-hydroxylation sites is 1. The van der Waals surface area contributed by atoms with E-state index < -0.39 is 12.6 Å². The topological polar surface area (TPSA) is 64.8 Å². The summed E-state index contributed by atoms with van der Waals surface area (Å²) < 4.78 is 34.5. The normalized spacial score (nSPS) is 10.5. The van der Waals surface area contributed by atoms with Gasteiger partial charge in [-0.3, -0.25) is 4.90 Å². The van der Waals surface area contributed by atoms with E-state index in [1.54, 1.807) is 12.1 Å². The fourth-order valence-corrected chi connectivity index (χ4v) is 2.60. The Morgan fingerprint density at radius 3 is 1.96 bits per heavy atom. The molecule has 5 nitrogen and oxygen atoms in total. The summed E-state index contributed by atoms with van der Waals surface area (Å²) >= 11 is 0. The van der Waals surface area contributed by atoms with Gasteiger partial charge in [0.05, 0.1) is 11.4 Å². The van der Waals surface area contributed by atoms with E-state index in [0.717, 1.165) is 11.3 Å². The van der Waals surface area contributed by atoms with Gasteiger partial charge in [0, 0.05) is 0 Å². The summed E-state index contributed by atoms with van der Waals surface area (Å²) in [4.78, 5) is 13.2. The molecule has 0 fully saturated rings. The fraction of sp³-hybridized carbons (Fsp3) is 0.0952. The van der Waals surface area contributed by atoms with Crippen molar-refractivity contribution in [1.29, 1.82) is 0 Å². The molecule has 3 aromatic carbocycles. The second kappa shape index (κ2) is 8.85. The van der Waals surface area contributed by atoms with Gasteiger partial charge in [-0.05, 0) is 54.1 Å². The second-order valence-corrected chi connectivity index (χ2v) is 5.81. The first kappa shape index (κ1) is 19.2. The van der Waals surface area contributed by atoms with Gasteiger partial charge >= 0.3 is 12.6 Å². The van der Waals surface area contributed by atoms with Gasteiger partial charge in [-0.1, -0.05) is 30.3 Å². The highest BCUT2D eigenvalue weighted by molar-refractivity contribution is 5.98. The number of alkyl halides is 2. The van der Waals surface area contributed by atoms with Gasteiger partial charge in [-0.2, -0.15) is 8.78 Å². The van der Waals surface area contributed by atoms with Crippen LogP contribution >= 0.6 is 0 Å². The Kier molecular flexibility index (Phi) is 6.06. The Bertz CT molecular complexity index is 901. The van der Waals surface area contributed by atoms with Crippen LogP contribution in [0.25, 0.3) is 0 Å². The molecular formula is C21H18F2N2O3. The number of anilines is 2. The van der Waals surface area contributed by atoms with Gasteiger partial charge in [0.15, 0.2) is 0 Å². The van der Waals surface area contributed by atoms with Gasteiger partial charge in [0.25, 0.3) is 0 Å². The predicted octanol–water partition coefficient (Wildman–Crippen LogP) is 5.08. The molecule has 0 aliphatic rings. The van der Waals surface area contributed by atoms with Crippen molar-refractivity contribution in [3.05, 3.63) is 84.4 Å². The van der Waals surface area contributed by atoms with E-state index in [0.29, 0.717) is 18.0 Å². The SMILES string of the molecule is NC(=O)N(c1ccc(COc2ccccc2)cc1)c1ccc(OC(F)F)cc1. The third-order valence-electron chi connectivity index (χ3n) is 3.88. The van der Waals surface area contributed by atoms with Crippen LogP contribution in [0.4, 0.5) is 25.0 Å². The van der Waals surface area contributed by atoms with E-state index in [-0.39, 0.29) is 5.75 Å². The lowest BCUT2D eigenvalue weighted by Crippen LogP contribution is -2.31. The molecule has 0 atom stereocenters. The standard InChI is InChI=1S/C21H18F2N2O3/c22-20(23)28-19-12-10-17(11-13-19)25(21(24)26)16-8-6-15(7-9-16)14-27-18-4-2-1-3-5-18/h1-13,20H,14H2,(H2,24,26). The first-order valence-corrected chi connectivity index (χ1v) is 8.44. The number of nitrogens with zero attached hydrogens (tertiary/aromatic N) is 1. The van der Waals surface area contributed by atoms with Crippen molar-refractivity contribution in [2.75, 3.05) is 4.90 Å². The molecule has 0 heterocycles. The first-order chi connectivity index (χ1) is 13.5. The van der Waals surface area contributed by atoms with Crippen LogP contribution in [0.3, 0.4) is 0 Å². The number of urea groups is 1. The molecule has 0 unspecified atom stereocenters. The van der Waals surface area contributed by atoms with Gasteiger partial charge in [0.2, 0.25) is 0 Å². The van der Waals surface area contributed by atoms with E-state index >= 15 is 0 Å².